The first kappa shape index (κ1) is 9.40. The van der Waals surface area contributed by atoms with Gasteiger partial charge in [0.1, 0.15) is 0 Å². The van der Waals surface area contributed by atoms with E-state index in [-0.39, 0.29) is 0 Å². The molecule has 0 saturated carbocycles. The summed E-state index contributed by atoms with van der Waals surface area (Å²) in [5.41, 5.74) is 0.963. The van der Waals surface area contributed by atoms with Gasteiger partial charge in [0.2, 0.25) is 0 Å². The third-order valence-corrected chi connectivity index (χ3v) is 1.59. The monoisotopic (exact) mass is 175 g/mol. The first-order valence-electron chi connectivity index (χ1n) is 4.05. The van der Waals surface area contributed by atoms with E-state index in [1.54, 1.807) is 6.20 Å². The second kappa shape index (κ2) is 4.36. The molecule has 0 unspecified atom stereocenters. The summed E-state index contributed by atoms with van der Waals surface area (Å²) < 4.78 is 0. The van der Waals surface area contributed by atoms with E-state index in [9.17, 15) is 0 Å². The normalized spacial score (nSPS) is 9.00. The molecular formula is C10H13N3. The number of pyridine rings is 1. The Labute approximate surface area is 78.8 Å². The minimum absolute atomic E-state index is 0.520. The van der Waals surface area contributed by atoms with Gasteiger partial charge in [0.05, 0.1) is 12.2 Å². The fourth-order valence-corrected chi connectivity index (χ4v) is 1.04. The summed E-state index contributed by atoms with van der Waals surface area (Å²) in [5, 5.41) is 3.10. The van der Waals surface area contributed by atoms with E-state index in [1.165, 1.54) is 0 Å². The number of rotatable bonds is 3. The van der Waals surface area contributed by atoms with Gasteiger partial charge in [-0.1, -0.05) is 5.92 Å². The molecule has 0 aliphatic carbocycles. The average molecular weight is 175 g/mol. The van der Waals surface area contributed by atoms with E-state index in [2.05, 4.69) is 16.2 Å². The standard InChI is InChI=1S/C10H13N3/c1-4-7-11-9-6-5-8-12-10(9)13(2)3/h1,5-6,8,11H,7H2,2-3H3. The van der Waals surface area contributed by atoms with Gasteiger partial charge < -0.3 is 10.2 Å². The van der Waals surface area contributed by atoms with Crippen molar-refractivity contribution in [1.29, 1.82) is 0 Å². The van der Waals surface area contributed by atoms with Crippen LogP contribution in [0.4, 0.5) is 11.5 Å². The average Bonchev–Trinajstić information content (AvgIpc) is 2.15. The highest BCUT2D eigenvalue weighted by Gasteiger charge is 2.02. The molecule has 0 spiro atoms. The van der Waals surface area contributed by atoms with Crippen LogP contribution in [0.5, 0.6) is 0 Å². The zero-order valence-corrected chi connectivity index (χ0v) is 7.91. The van der Waals surface area contributed by atoms with Crippen molar-refractivity contribution in [3.63, 3.8) is 0 Å². The first-order valence-corrected chi connectivity index (χ1v) is 4.05. The number of nitrogens with zero attached hydrogens (tertiary/aromatic N) is 2. The lowest BCUT2D eigenvalue weighted by atomic mass is 10.3. The zero-order valence-electron chi connectivity index (χ0n) is 7.91. The minimum atomic E-state index is 0.520. The number of aromatic nitrogens is 1. The molecule has 0 bridgehead atoms. The highest BCUT2D eigenvalue weighted by atomic mass is 15.2. The molecule has 1 rings (SSSR count). The number of nitrogens with one attached hydrogen (secondary N) is 1. The highest BCUT2D eigenvalue weighted by Crippen LogP contribution is 2.19. The van der Waals surface area contributed by atoms with Gasteiger partial charge in [0.15, 0.2) is 5.82 Å². The molecule has 0 fully saturated rings. The molecule has 68 valence electrons. The molecule has 0 amide bonds. The van der Waals surface area contributed by atoms with Gasteiger partial charge in [-0.3, -0.25) is 0 Å². The van der Waals surface area contributed by atoms with E-state index in [0.717, 1.165) is 11.5 Å². The lowest BCUT2D eigenvalue weighted by molar-refractivity contribution is 1.06. The van der Waals surface area contributed by atoms with Crippen molar-refractivity contribution >= 4 is 11.5 Å². The number of hydrogen-bond donors (Lipinski definition) is 1. The molecule has 1 aromatic rings. The lowest BCUT2D eigenvalue weighted by Crippen LogP contribution is -2.13. The van der Waals surface area contributed by atoms with Crippen molar-refractivity contribution in [3.8, 4) is 12.3 Å². The number of terminal acetylenes is 1. The Balaban J connectivity index is 2.86. The molecule has 13 heavy (non-hydrogen) atoms. The Morgan fingerprint density at radius 2 is 2.38 bits per heavy atom. The van der Waals surface area contributed by atoms with Crippen molar-refractivity contribution in [2.45, 2.75) is 0 Å². The van der Waals surface area contributed by atoms with Gasteiger partial charge >= 0.3 is 0 Å². The van der Waals surface area contributed by atoms with Crippen LogP contribution in [0.3, 0.4) is 0 Å². The summed E-state index contributed by atoms with van der Waals surface area (Å²) >= 11 is 0. The number of hydrogen-bond acceptors (Lipinski definition) is 3. The van der Waals surface area contributed by atoms with E-state index in [1.807, 2.05) is 31.1 Å². The van der Waals surface area contributed by atoms with Gasteiger partial charge in [-0.05, 0) is 12.1 Å². The molecule has 0 aliphatic rings. The zero-order chi connectivity index (χ0) is 9.68. The predicted molar refractivity (Wildman–Crippen MR) is 55.9 cm³/mol. The van der Waals surface area contributed by atoms with Crippen LogP contribution in [0, 0.1) is 12.3 Å². The van der Waals surface area contributed by atoms with Crippen molar-refractivity contribution in [2.24, 2.45) is 0 Å². The van der Waals surface area contributed by atoms with Crippen LogP contribution in [0.25, 0.3) is 0 Å². The Morgan fingerprint density at radius 3 is 3.00 bits per heavy atom. The molecule has 0 aromatic carbocycles. The molecule has 1 heterocycles. The van der Waals surface area contributed by atoms with E-state index >= 15 is 0 Å². The molecule has 3 heteroatoms. The Bertz CT molecular complexity index is 312. The Morgan fingerprint density at radius 1 is 1.62 bits per heavy atom. The molecule has 0 radical (unpaired) electrons. The second-order valence-corrected chi connectivity index (χ2v) is 2.83. The summed E-state index contributed by atoms with van der Waals surface area (Å²) in [6.45, 7) is 0.520. The quantitative estimate of drug-likeness (QED) is 0.699. The van der Waals surface area contributed by atoms with Crippen LogP contribution in [0.15, 0.2) is 18.3 Å². The highest BCUT2D eigenvalue weighted by molar-refractivity contribution is 5.64. The van der Waals surface area contributed by atoms with Crippen molar-refractivity contribution in [3.05, 3.63) is 18.3 Å². The van der Waals surface area contributed by atoms with Crippen molar-refractivity contribution in [2.75, 3.05) is 30.9 Å². The molecule has 0 atom stereocenters. The minimum Gasteiger partial charge on any atom is -0.371 e. The van der Waals surface area contributed by atoms with Crippen LogP contribution >= 0.6 is 0 Å². The number of anilines is 2. The maximum atomic E-state index is 5.16. The maximum absolute atomic E-state index is 5.16. The first-order chi connectivity index (χ1) is 6.25. The molecule has 0 aliphatic heterocycles. The van der Waals surface area contributed by atoms with E-state index in [0.29, 0.717) is 6.54 Å². The predicted octanol–water partition coefficient (Wildman–Crippen LogP) is 1.19. The smallest absolute Gasteiger partial charge is 0.151 e. The topological polar surface area (TPSA) is 28.2 Å². The molecule has 3 nitrogen and oxygen atoms in total. The third-order valence-electron chi connectivity index (χ3n) is 1.59. The van der Waals surface area contributed by atoms with E-state index < -0.39 is 0 Å². The molecular weight excluding hydrogens is 162 g/mol. The van der Waals surface area contributed by atoms with Gasteiger partial charge in [0.25, 0.3) is 0 Å². The summed E-state index contributed by atoms with van der Waals surface area (Å²) in [6.07, 6.45) is 6.92. The SMILES string of the molecule is C#CCNc1cccnc1N(C)C. The van der Waals surface area contributed by atoms with Crippen LogP contribution in [0.2, 0.25) is 0 Å². The second-order valence-electron chi connectivity index (χ2n) is 2.83. The fraction of sp³-hybridized carbons (Fsp3) is 0.300. The largest absolute Gasteiger partial charge is 0.371 e. The van der Waals surface area contributed by atoms with Crippen LogP contribution in [-0.2, 0) is 0 Å². The molecule has 1 N–H and O–H groups in total. The Kier molecular flexibility index (Phi) is 3.15. The fourth-order valence-electron chi connectivity index (χ4n) is 1.04. The lowest BCUT2D eigenvalue weighted by Gasteiger charge is -2.15. The van der Waals surface area contributed by atoms with Gasteiger partial charge in [-0.25, -0.2) is 4.98 Å². The third kappa shape index (κ3) is 2.38. The van der Waals surface area contributed by atoms with Gasteiger partial charge in [-0.15, -0.1) is 6.42 Å². The summed E-state index contributed by atoms with van der Waals surface area (Å²) in [7, 11) is 3.90. The molecule has 1 aromatic heterocycles. The maximum Gasteiger partial charge on any atom is 0.151 e. The summed E-state index contributed by atoms with van der Waals surface area (Å²) in [5.74, 6) is 3.43. The summed E-state index contributed by atoms with van der Waals surface area (Å²) in [4.78, 5) is 6.17. The van der Waals surface area contributed by atoms with Gasteiger partial charge in [-0.2, -0.15) is 0 Å². The van der Waals surface area contributed by atoms with Crippen molar-refractivity contribution in [1.82, 2.24) is 4.98 Å². The van der Waals surface area contributed by atoms with E-state index in [4.69, 9.17) is 6.42 Å². The van der Waals surface area contributed by atoms with Crippen LogP contribution < -0.4 is 10.2 Å². The Hall–Kier alpha value is -1.69. The van der Waals surface area contributed by atoms with Crippen LogP contribution in [-0.4, -0.2) is 25.6 Å². The summed E-state index contributed by atoms with van der Waals surface area (Å²) in [6, 6.07) is 3.84. The van der Waals surface area contributed by atoms with Crippen molar-refractivity contribution < 1.29 is 0 Å². The molecule has 0 saturated heterocycles. The van der Waals surface area contributed by atoms with Gasteiger partial charge in [0, 0.05) is 20.3 Å². The van der Waals surface area contributed by atoms with Crippen LogP contribution in [0.1, 0.15) is 0 Å².